The van der Waals surface area contributed by atoms with E-state index in [1.165, 1.54) is 9.08 Å². The number of fused-ring (bicyclic) bond motifs is 3. The minimum atomic E-state index is -0.296. The maximum Gasteiger partial charge on any atom is 0.355 e. The van der Waals surface area contributed by atoms with Crippen molar-refractivity contribution in [3.05, 3.63) is 59.0 Å². The van der Waals surface area contributed by atoms with Crippen molar-refractivity contribution in [2.75, 3.05) is 12.8 Å². The van der Waals surface area contributed by atoms with Crippen LogP contribution in [-0.4, -0.2) is 26.3 Å². The molecule has 2 aromatic carbocycles. The molecule has 0 aliphatic carbocycles. The molecule has 0 atom stereocenters. The molecule has 114 valence electrons. The lowest BCUT2D eigenvalue weighted by molar-refractivity contribution is 0.414. The Hall–Kier alpha value is -3.35. The van der Waals surface area contributed by atoms with Gasteiger partial charge in [0.25, 0.3) is 0 Å². The maximum atomic E-state index is 12.8. The lowest BCUT2D eigenvalue weighted by Gasteiger charge is -2.01. The molecular formula is C16H13N5O2. The zero-order valence-corrected chi connectivity index (χ0v) is 12.3. The number of hydrogen-bond donors (Lipinski definition) is 1. The highest BCUT2D eigenvalue weighted by Gasteiger charge is 2.15. The Bertz CT molecular complexity index is 1080. The lowest BCUT2D eigenvalue weighted by atomic mass is 10.3. The van der Waals surface area contributed by atoms with Crippen LogP contribution in [-0.2, 0) is 0 Å². The monoisotopic (exact) mass is 306 g/mol. The lowest BCUT2D eigenvalue weighted by Crippen LogP contribution is -2.20. The molecule has 0 aliphatic heterocycles. The third-order valence-corrected chi connectivity index (χ3v) is 3.69. The van der Waals surface area contributed by atoms with Gasteiger partial charge >= 0.3 is 5.69 Å². The standard InChI is InChI=1S/C16H13N5O2/c1-23-11-8-6-10(7-9-11)21-16(22)20-13-5-3-2-4-12(13)18-14(17)15(20)19-21/h2-9H,1H3,(H2,17,18)/i1-1. The molecule has 2 aromatic heterocycles. The highest BCUT2D eigenvalue weighted by atomic mass is 16.4. The van der Waals surface area contributed by atoms with E-state index in [2.05, 4.69) is 10.1 Å². The number of nitrogen functional groups attached to an aromatic ring is 1. The Morgan fingerprint density at radius 3 is 2.57 bits per heavy atom. The number of para-hydroxylation sites is 2. The molecule has 0 radical (unpaired) electrons. The van der Waals surface area contributed by atoms with E-state index >= 15 is 0 Å². The third-order valence-electron chi connectivity index (χ3n) is 3.69. The number of benzene rings is 2. The zero-order valence-electron chi connectivity index (χ0n) is 12.3. The average Bonchev–Trinajstić information content (AvgIpc) is 2.94. The molecule has 0 amide bonds. The van der Waals surface area contributed by atoms with Crippen LogP contribution < -0.4 is 16.2 Å². The van der Waals surface area contributed by atoms with E-state index < -0.39 is 0 Å². The van der Waals surface area contributed by atoms with E-state index in [9.17, 15) is 4.79 Å². The molecule has 0 fully saturated rings. The Morgan fingerprint density at radius 1 is 1.09 bits per heavy atom. The van der Waals surface area contributed by atoms with Gasteiger partial charge in [0.15, 0.2) is 5.82 Å². The second-order valence-electron chi connectivity index (χ2n) is 5.04. The van der Waals surface area contributed by atoms with Crippen LogP contribution in [0.25, 0.3) is 22.4 Å². The summed E-state index contributed by atoms with van der Waals surface area (Å²) < 4.78 is 7.91. The molecule has 7 nitrogen and oxygen atoms in total. The summed E-state index contributed by atoms with van der Waals surface area (Å²) in [4.78, 5) is 17.1. The van der Waals surface area contributed by atoms with Crippen molar-refractivity contribution < 1.29 is 4.74 Å². The van der Waals surface area contributed by atoms with Gasteiger partial charge in [0, 0.05) is 0 Å². The summed E-state index contributed by atoms with van der Waals surface area (Å²) in [5.74, 6) is 0.922. The second-order valence-corrected chi connectivity index (χ2v) is 5.04. The first-order chi connectivity index (χ1) is 11.2. The van der Waals surface area contributed by atoms with E-state index in [0.29, 0.717) is 28.1 Å². The highest BCUT2D eigenvalue weighted by molar-refractivity contribution is 5.81. The van der Waals surface area contributed by atoms with Crippen molar-refractivity contribution in [1.29, 1.82) is 0 Å². The van der Waals surface area contributed by atoms with E-state index in [4.69, 9.17) is 10.5 Å². The van der Waals surface area contributed by atoms with Gasteiger partial charge in [0.1, 0.15) is 5.75 Å². The second kappa shape index (κ2) is 4.84. The van der Waals surface area contributed by atoms with Crippen molar-refractivity contribution in [2.45, 2.75) is 0 Å². The SMILES string of the molecule is [11CH3]Oc1ccc(-n2nc3c(N)nc4ccccc4n3c2=O)cc1. The normalized spacial score (nSPS) is 11.2. The van der Waals surface area contributed by atoms with Gasteiger partial charge in [-0.1, -0.05) is 12.1 Å². The van der Waals surface area contributed by atoms with Gasteiger partial charge < -0.3 is 10.5 Å². The fourth-order valence-electron chi connectivity index (χ4n) is 2.57. The summed E-state index contributed by atoms with van der Waals surface area (Å²) in [6, 6.07) is 14.4. The number of rotatable bonds is 2. The maximum absolute atomic E-state index is 12.8. The largest absolute Gasteiger partial charge is 0.497 e. The van der Waals surface area contributed by atoms with Crippen LogP contribution in [0.4, 0.5) is 5.82 Å². The number of ether oxygens (including phenoxy) is 1. The van der Waals surface area contributed by atoms with Crippen LogP contribution in [0, 0.1) is 0 Å². The first-order valence-corrected chi connectivity index (χ1v) is 6.99. The van der Waals surface area contributed by atoms with Gasteiger partial charge in [-0.3, -0.25) is 0 Å². The molecule has 0 saturated carbocycles. The fraction of sp³-hybridized carbons (Fsp3) is 0.0625. The summed E-state index contributed by atoms with van der Waals surface area (Å²) in [7, 11) is 1.59. The molecule has 0 spiro atoms. The minimum Gasteiger partial charge on any atom is -0.497 e. The van der Waals surface area contributed by atoms with Gasteiger partial charge in [-0.2, -0.15) is 4.68 Å². The van der Waals surface area contributed by atoms with Crippen molar-refractivity contribution in [1.82, 2.24) is 19.2 Å². The predicted octanol–water partition coefficient (Wildman–Crippen LogP) is 1.62. The number of anilines is 1. The quantitative estimate of drug-likeness (QED) is 0.608. The molecular weight excluding hydrogens is 293 g/mol. The van der Waals surface area contributed by atoms with Gasteiger partial charge in [0.2, 0.25) is 5.65 Å². The van der Waals surface area contributed by atoms with Crippen LogP contribution >= 0.6 is 0 Å². The fourth-order valence-corrected chi connectivity index (χ4v) is 2.57. The molecule has 7 heteroatoms. The zero-order chi connectivity index (χ0) is 16.0. The van der Waals surface area contributed by atoms with Gasteiger partial charge in [-0.05, 0) is 36.4 Å². The van der Waals surface area contributed by atoms with Crippen molar-refractivity contribution in [3.63, 3.8) is 0 Å². The summed E-state index contributed by atoms with van der Waals surface area (Å²) >= 11 is 0. The van der Waals surface area contributed by atoms with Crippen LogP contribution in [0.5, 0.6) is 5.75 Å². The summed E-state index contributed by atoms with van der Waals surface area (Å²) in [5, 5.41) is 4.33. The number of aromatic nitrogens is 4. The first-order valence-electron chi connectivity index (χ1n) is 6.99. The van der Waals surface area contributed by atoms with Crippen LogP contribution in [0.2, 0.25) is 0 Å². The van der Waals surface area contributed by atoms with Crippen LogP contribution in [0.15, 0.2) is 53.3 Å². The molecule has 4 aromatic rings. The predicted molar refractivity (Wildman–Crippen MR) is 87.1 cm³/mol. The molecule has 23 heavy (non-hydrogen) atoms. The third kappa shape index (κ3) is 1.94. The van der Waals surface area contributed by atoms with Gasteiger partial charge in [-0.25, -0.2) is 14.2 Å². The Kier molecular flexibility index (Phi) is 2.80. The molecule has 0 bridgehead atoms. The molecule has 0 aliphatic rings. The average molecular weight is 306 g/mol. The molecule has 0 unspecified atom stereocenters. The van der Waals surface area contributed by atoms with Crippen molar-refractivity contribution in [3.8, 4) is 11.4 Å². The Balaban J connectivity index is 2.05. The minimum absolute atomic E-state index is 0.216. The van der Waals surface area contributed by atoms with Gasteiger partial charge in [0.05, 0.1) is 23.8 Å². The van der Waals surface area contributed by atoms with E-state index in [1.54, 1.807) is 31.4 Å². The Labute approximate surface area is 130 Å². The number of nitrogens with two attached hydrogens (primary N) is 1. The van der Waals surface area contributed by atoms with Crippen molar-refractivity contribution >= 4 is 22.5 Å². The van der Waals surface area contributed by atoms with E-state index in [1.807, 2.05) is 24.3 Å². The summed E-state index contributed by atoms with van der Waals surface area (Å²) in [5.41, 5.74) is 7.95. The van der Waals surface area contributed by atoms with Crippen molar-refractivity contribution in [2.24, 2.45) is 0 Å². The number of hydrogen-bond acceptors (Lipinski definition) is 5. The molecule has 2 N–H and O–H groups in total. The first kappa shape index (κ1) is 13.3. The number of nitrogens with zero attached hydrogens (tertiary/aromatic N) is 4. The van der Waals surface area contributed by atoms with Gasteiger partial charge in [-0.15, -0.1) is 5.10 Å². The topological polar surface area (TPSA) is 87.4 Å². The summed E-state index contributed by atoms with van der Waals surface area (Å²) in [6.07, 6.45) is 0. The molecule has 0 saturated heterocycles. The molecule has 2 heterocycles. The Morgan fingerprint density at radius 2 is 1.83 bits per heavy atom. The summed E-state index contributed by atoms with van der Waals surface area (Å²) in [6.45, 7) is 0. The van der Waals surface area contributed by atoms with Crippen LogP contribution in [0.1, 0.15) is 0 Å². The van der Waals surface area contributed by atoms with E-state index in [0.717, 1.165) is 0 Å². The molecule has 4 rings (SSSR count). The smallest absolute Gasteiger partial charge is 0.355 e. The number of methoxy groups -OCH3 is 1. The van der Waals surface area contributed by atoms with E-state index in [-0.39, 0.29) is 11.5 Å². The highest BCUT2D eigenvalue weighted by Crippen LogP contribution is 2.18. The van der Waals surface area contributed by atoms with Crippen LogP contribution in [0.3, 0.4) is 0 Å².